The standard InChI is InChI=1S/C28H39N3O7/c1-7-23(28(20(2)3)38-25-11-9-21(12-14-29)18-27(25)35-6)30(4)15-13-22-8-10-24(26(19-22)34-5)36-16-17-37-31(32)33/h8-11,18-20,23,28H,7,12-13,15-17H2,1-6H3. The minimum absolute atomic E-state index is 0.0417. The highest BCUT2D eigenvalue weighted by Gasteiger charge is 2.29. The Morgan fingerprint density at radius 3 is 2.24 bits per heavy atom. The van der Waals surface area contributed by atoms with Gasteiger partial charge in [-0.05, 0) is 61.2 Å². The van der Waals surface area contributed by atoms with Crippen molar-refractivity contribution in [3.63, 3.8) is 0 Å². The first-order valence-electron chi connectivity index (χ1n) is 12.7. The Morgan fingerprint density at radius 2 is 1.63 bits per heavy atom. The SMILES string of the molecule is CCC(C(Oc1ccc(CC#N)cc1OC)C(C)C)N(C)CCc1ccc(OCCO[N+](=O)[O-])c(OC)c1. The molecule has 0 radical (unpaired) electrons. The molecule has 2 aromatic carbocycles. The molecule has 208 valence electrons. The van der Waals surface area contributed by atoms with Crippen molar-refractivity contribution in [1.82, 2.24) is 4.90 Å². The van der Waals surface area contributed by atoms with Crippen molar-refractivity contribution >= 4 is 0 Å². The van der Waals surface area contributed by atoms with Gasteiger partial charge in [-0.3, -0.25) is 4.90 Å². The van der Waals surface area contributed by atoms with Gasteiger partial charge in [-0.25, -0.2) is 0 Å². The Hall–Kier alpha value is -3.71. The highest BCUT2D eigenvalue weighted by Crippen LogP contribution is 2.32. The van der Waals surface area contributed by atoms with Crippen LogP contribution >= 0.6 is 0 Å². The van der Waals surface area contributed by atoms with E-state index in [9.17, 15) is 10.1 Å². The summed E-state index contributed by atoms with van der Waals surface area (Å²) < 4.78 is 23.1. The lowest BCUT2D eigenvalue weighted by atomic mass is 9.95. The lowest BCUT2D eigenvalue weighted by molar-refractivity contribution is -0.757. The first-order chi connectivity index (χ1) is 18.2. The van der Waals surface area contributed by atoms with E-state index in [0.29, 0.717) is 29.4 Å². The van der Waals surface area contributed by atoms with E-state index >= 15 is 0 Å². The van der Waals surface area contributed by atoms with Crippen LogP contribution in [0.15, 0.2) is 36.4 Å². The molecule has 10 heteroatoms. The molecular formula is C28H39N3O7. The van der Waals surface area contributed by atoms with Crippen LogP contribution in [0.4, 0.5) is 0 Å². The van der Waals surface area contributed by atoms with E-state index < -0.39 is 5.09 Å². The quantitative estimate of drug-likeness (QED) is 0.163. The molecule has 0 aliphatic rings. The molecule has 2 rings (SSSR count). The van der Waals surface area contributed by atoms with Crippen LogP contribution < -0.4 is 18.9 Å². The molecule has 0 saturated carbocycles. The smallest absolute Gasteiger partial charge is 0.294 e. The predicted molar refractivity (Wildman–Crippen MR) is 143 cm³/mol. The molecule has 0 bridgehead atoms. The molecule has 10 nitrogen and oxygen atoms in total. The van der Waals surface area contributed by atoms with Gasteiger partial charge < -0.3 is 23.8 Å². The molecule has 2 aromatic rings. The number of nitriles is 1. The largest absolute Gasteiger partial charge is 0.493 e. The molecule has 0 amide bonds. The molecule has 38 heavy (non-hydrogen) atoms. The van der Waals surface area contributed by atoms with E-state index in [4.69, 9.17) is 24.2 Å². The second kappa shape index (κ2) is 15.5. The number of benzene rings is 2. The van der Waals surface area contributed by atoms with Crippen LogP contribution in [0.5, 0.6) is 23.0 Å². The van der Waals surface area contributed by atoms with Gasteiger partial charge in [0.1, 0.15) is 19.3 Å². The maximum atomic E-state index is 10.3. The lowest BCUT2D eigenvalue weighted by Crippen LogP contribution is -2.47. The minimum atomic E-state index is -0.846. The molecule has 0 saturated heterocycles. The van der Waals surface area contributed by atoms with Crippen LogP contribution in [0.3, 0.4) is 0 Å². The van der Waals surface area contributed by atoms with E-state index in [-0.39, 0.29) is 31.3 Å². The zero-order chi connectivity index (χ0) is 28.1. The van der Waals surface area contributed by atoms with Crippen molar-refractivity contribution in [1.29, 1.82) is 5.26 Å². The Morgan fingerprint density at radius 1 is 1.00 bits per heavy atom. The molecule has 2 unspecified atom stereocenters. The van der Waals surface area contributed by atoms with Gasteiger partial charge in [0.15, 0.2) is 23.0 Å². The first kappa shape index (κ1) is 30.5. The molecule has 0 aliphatic heterocycles. The number of nitrogens with zero attached hydrogens (tertiary/aromatic N) is 3. The maximum absolute atomic E-state index is 10.3. The number of methoxy groups -OCH3 is 2. The van der Waals surface area contributed by atoms with E-state index in [0.717, 1.165) is 30.5 Å². The van der Waals surface area contributed by atoms with Crippen LogP contribution in [-0.2, 0) is 17.7 Å². The van der Waals surface area contributed by atoms with Crippen LogP contribution in [0, 0.1) is 27.4 Å². The van der Waals surface area contributed by atoms with E-state index in [1.54, 1.807) is 20.3 Å². The fraction of sp³-hybridized carbons (Fsp3) is 0.536. The van der Waals surface area contributed by atoms with Crippen LogP contribution in [0.1, 0.15) is 38.3 Å². The Bertz CT molecular complexity index is 1070. The molecule has 0 fully saturated rings. The monoisotopic (exact) mass is 529 g/mol. The van der Waals surface area contributed by atoms with Gasteiger partial charge in [0.05, 0.1) is 26.7 Å². The third kappa shape index (κ3) is 8.99. The van der Waals surface area contributed by atoms with E-state index in [2.05, 4.69) is 43.6 Å². The van der Waals surface area contributed by atoms with Crippen molar-refractivity contribution in [2.24, 2.45) is 5.92 Å². The fourth-order valence-corrected chi connectivity index (χ4v) is 4.33. The second-order valence-electron chi connectivity index (χ2n) is 9.24. The van der Waals surface area contributed by atoms with Crippen LogP contribution in [0.2, 0.25) is 0 Å². The summed E-state index contributed by atoms with van der Waals surface area (Å²) in [6, 6.07) is 13.7. The van der Waals surface area contributed by atoms with Gasteiger partial charge in [0.25, 0.3) is 5.09 Å². The van der Waals surface area contributed by atoms with Crippen LogP contribution in [0.25, 0.3) is 0 Å². The normalized spacial score (nSPS) is 12.5. The first-order valence-corrected chi connectivity index (χ1v) is 12.7. The summed E-state index contributed by atoms with van der Waals surface area (Å²) in [5.74, 6) is 2.62. The molecule has 0 N–H and O–H groups in total. The highest BCUT2D eigenvalue weighted by atomic mass is 17.0. The lowest BCUT2D eigenvalue weighted by Gasteiger charge is -2.36. The summed E-state index contributed by atoms with van der Waals surface area (Å²) in [6.45, 7) is 7.14. The number of hydrogen-bond acceptors (Lipinski definition) is 9. The zero-order valence-corrected chi connectivity index (χ0v) is 23.1. The molecule has 0 aromatic heterocycles. The Labute approximate surface area is 225 Å². The third-order valence-electron chi connectivity index (χ3n) is 6.31. The molecular weight excluding hydrogens is 490 g/mol. The fourth-order valence-electron chi connectivity index (χ4n) is 4.33. The average Bonchev–Trinajstić information content (AvgIpc) is 2.90. The van der Waals surface area contributed by atoms with Gasteiger partial charge in [-0.15, -0.1) is 10.1 Å². The average molecular weight is 530 g/mol. The van der Waals surface area contributed by atoms with E-state index in [1.807, 2.05) is 30.3 Å². The summed E-state index contributed by atoms with van der Waals surface area (Å²) in [6.07, 6.45) is 1.92. The van der Waals surface area contributed by atoms with Crippen molar-refractivity contribution in [2.75, 3.05) is 41.0 Å². The summed E-state index contributed by atoms with van der Waals surface area (Å²) in [7, 11) is 5.27. The highest BCUT2D eigenvalue weighted by molar-refractivity contribution is 5.44. The van der Waals surface area contributed by atoms with Crippen molar-refractivity contribution in [3.05, 3.63) is 57.6 Å². The molecule has 0 heterocycles. The number of hydrogen-bond donors (Lipinski definition) is 0. The topological polar surface area (TPSA) is 116 Å². The minimum Gasteiger partial charge on any atom is -0.493 e. The summed E-state index contributed by atoms with van der Waals surface area (Å²) in [5, 5.41) is 18.4. The second-order valence-corrected chi connectivity index (χ2v) is 9.24. The van der Waals surface area contributed by atoms with Crippen molar-refractivity contribution in [2.45, 2.75) is 52.2 Å². The van der Waals surface area contributed by atoms with Gasteiger partial charge in [-0.2, -0.15) is 5.26 Å². The number of likely N-dealkylation sites (N-methyl/N-ethyl adjacent to an activating group) is 1. The molecule has 0 spiro atoms. The van der Waals surface area contributed by atoms with Gasteiger partial charge >= 0.3 is 0 Å². The number of rotatable bonds is 17. The maximum Gasteiger partial charge on any atom is 0.294 e. The zero-order valence-electron chi connectivity index (χ0n) is 23.1. The summed E-state index contributed by atoms with van der Waals surface area (Å²) in [4.78, 5) is 16.9. The van der Waals surface area contributed by atoms with Gasteiger partial charge in [-0.1, -0.05) is 32.9 Å². The van der Waals surface area contributed by atoms with Gasteiger partial charge in [0, 0.05) is 12.6 Å². The van der Waals surface area contributed by atoms with E-state index in [1.165, 1.54) is 0 Å². The van der Waals surface area contributed by atoms with Crippen molar-refractivity contribution in [3.8, 4) is 29.1 Å². The van der Waals surface area contributed by atoms with Crippen molar-refractivity contribution < 1.29 is 28.9 Å². The number of ether oxygens (including phenoxy) is 4. The molecule has 0 aliphatic carbocycles. The Kier molecular flexibility index (Phi) is 12.5. The Balaban J connectivity index is 2.08. The predicted octanol–water partition coefficient (Wildman–Crippen LogP) is 4.71. The summed E-state index contributed by atoms with van der Waals surface area (Å²) in [5.41, 5.74) is 1.97. The van der Waals surface area contributed by atoms with Crippen LogP contribution in [-0.4, -0.2) is 63.2 Å². The third-order valence-corrected chi connectivity index (χ3v) is 6.31. The van der Waals surface area contributed by atoms with Gasteiger partial charge in [0.2, 0.25) is 0 Å². The molecule has 2 atom stereocenters. The summed E-state index contributed by atoms with van der Waals surface area (Å²) >= 11 is 0.